The Labute approximate surface area is 95.4 Å². The van der Waals surface area contributed by atoms with E-state index >= 15 is 0 Å². The summed E-state index contributed by atoms with van der Waals surface area (Å²) in [6.07, 6.45) is 1.76. The third-order valence-corrected chi connectivity index (χ3v) is 1.95. The van der Waals surface area contributed by atoms with E-state index < -0.39 is 0 Å². The molecule has 1 aromatic heterocycles. The molecule has 84 valence electrons. The van der Waals surface area contributed by atoms with Crippen LogP contribution in [0, 0.1) is 18.3 Å². The highest BCUT2D eigenvalue weighted by Gasteiger charge is 2.05. The molecule has 5 heteroatoms. The summed E-state index contributed by atoms with van der Waals surface area (Å²) in [6.45, 7) is 6.40. The van der Waals surface area contributed by atoms with Crippen molar-refractivity contribution in [2.24, 2.45) is 0 Å². The normalized spacial score (nSPS) is 9.31. The zero-order valence-corrected chi connectivity index (χ0v) is 9.56. The van der Waals surface area contributed by atoms with Crippen molar-refractivity contribution >= 4 is 11.6 Å². The van der Waals surface area contributed by atoms with E-state index in [1.807, 2.05) is 20.0 Å². The Hall–Kier alpha value is -2.09. The minimum Gasteiger partial charge on any atom is -0.366 e. The van der Waals surface area contributed by atoms with Crippen molar-refractivity contribution in [1.82, 2.24) is 9.97 Å². The molecule has 1 heterocycles. The van der Waals surface area contributed by atoms with Gasteiger partial charge >= 0.3 is 0 Å². The van der Waals surface area contributed by atoms with Crippen molar-refractivity contribution in [2.45, 2.75) is 6.92 Å². The molecule has 16 heavy (non-hydrogen) atoms. The van der Waals surface area contributed by atoms with Crippen LogP contribution in [0.15, 0.2) is 18.7 Å². The zero-order valence-electron chi connectivity index (χ0n) is 9.56. The molecule has 0 saturated heterocycles. The van der Waals surface area contributed by atoms with Gasteiger partial charge in [-0.1, -0.05) is 6.08 Å². The fraction of sp³-hybridized carbons (Fsp3) is 0.364. The minimum atomic E-state index is 0.303. The average molecular weight is 217 g/mol. The fourth-order valence-electron chi connectivity index (χ4n) is 1.20. The zero-order chi connectivity index (χ0) is 12.0. The Morgan fingerprint density at radius 1 is 1.62 bits per heavy atom. The number of nitrogens with zero attached hydrogens (tertiary/aromatic N) is 4. The summed E-state index contributed by atoms with van der Waals surface area (Å²) in [6, 6.07) is 3.89. The number of nitriles is 1. The number of nitrogens with one attached hydrogen (secondary N) is 1. The van der Waals surface area contributed by atoms with Crippen molar-refractivity contribution in [2.75, 3.05) is 30.4 Å². The number of anilines is 2. The second-order valence-electron chi connectivity index (χ2n) is 3.34. The van der Waals surface area contributed by atoms with Gasteiger partial charge < -0.3 is 10.2 Å². The van der Waals surface area contributed by atoms with Crippen LogP contribution in [0.25, 0.3) is 0 Å². The molecule has 0 atom stereocenters. The van der Waals surface area contributed by atoms with Crippen LogP contribution in [0.2, 0.25) is 0 Å². The molecular formula is C11H15N5. The Bertz CT molecular complexity index is 407. The van der Waals surface area contributed by atoms with E-state index in [4.69, 9.17) is 5.26 Å². The van der Waals surface area contributed by atoms with E-state index in [1.165, 1.54) is 0 Å². The van der Waals surface area contributed by atoms with Gasteiger partial charge in [-0.3, -0.25) is 0 Å². The summed E-state index contributed by atoms with van der Waals surface area (Å²) in [5, 5.41) is 11.7. The van der Waals surface area contributed by atoms with Crippen LogP contribution >= 0.6 is 0 Å². The van der Waals surface area contributed by atoms with Crippen LogP contribution in [-0.2, 0) is 0 Å². The topological polar surface area (TPSA) is 64.8 Å². The summed E-state index contributed by atoms with van der Waals surface area (Å²) in [5.41, 5.74) is 0. The third-order valence-electron chi connectivity index (χ3n) is 1.95. The summed E-state index contributed by atoms with van der Waals surface area (Å²) in [4.78, 5) is 10.3. The van der Waals surface area contributed by atoms with E-state index in [-0.39, 0.29) is 0 Å². The smallest absolute Gasteiger partial charge is 0.134 e. The number of aromatic nitrogens is 2. The van der Waals surface area contributed by atoms with Crippen molar-refractivity contribution in [1.29, 1.82) is 5.26 Å². The molecule has 1 N–H and O–H groups in total. The van der Waals surface area contributed by atoms with Crippen molar-refractivity contribution < 1.29 is 0 Å². The highest BCUT2D eigenvalue weighted by molar-refractivity contribution is 5.49. The predicted octanol–water partition coefficient (Wildman–Crippen LogP) is 1.34. The lowest BCUT2D eigenvalue weighted by molar-refractivity contribution is 0.950. The Balaban J connectivity index is 2.89. The number of hydrogen-bond donors (Lipinski definition) is 1. The van der Waals surface area contributed by atoms with Gasteiger partial charge in [-0.25, -0.2) is 9.97 Å². The first kappa shape index (κ1) is 12.0. The maximum Gasteiger partial charge on any atom is 0.134 e. The van der Waals surface area contributed by atoms with Gasteiger partial charge in [0.05, 0.1) is 6.07 Å². The quantitative estimate of drug-likeness (QED) is 0.595. The molecule has 5 nitrogen and oxygen atoms in total. The van der Waals surface area contributed by atoms with E-state index in [2.05, 4.69) is 27.9 Å². The highest BCUT2D eigenvalue weighted by Crippen LogP contribution is 2.13. The molecule has 0 unspecified atom stereocenters. The largest absolute Gasteiger partial charge is 0.366 e. The molecular weight excluding hydrogens is 202 g/mol. The van der Waals surface area contributed by atoms with Gasteiger partial charge in [0.2, 0.25) is 0 Å². The summed E-state index contributed by atoms with van der Waals surface area (Å²) >= 11 is 0. The minimum absolute atomic E-state index is 0.303. The van der Waals surface area contributed by atoms with E-state index in [0.29, 0.717) is 18.9 Å². The fourth-order valence-corrected chi connectivity index (χ4v) is 1.20. The van der Waals surface area contributed by atoms with Crippen LogP contribution in [0.3, 0.4) is 0 Å². The lowest BCUT2D eigenvalue weighted by Crippen LogP contribution is -2.19. The first-order valence-corrected chi connectivity index (χ1v) is 4.96. The Kier molecular flexibility index (Phi) is 4.28. The molecule has 1 aromatic rings. The predicted molar refractivity (Wildman–Crippen MR) is 64.3 cm³/mol. The first-order chi connectivity index (χ1) is 7.67. The maximum atomic E-state index is 8.61. The molecule has 0 bridgehead atoms. The SMILES string of the molecule is C=CCNc1cc(N(C)CC#N)nc(C)n1. The molecule has 0 aromatic carbocycles. The molecule has 0 aliphatic heterocycles. The van der Waals surface area contributed by atoms with Gasteiger partial charge in [0, 0.05) is 19.7 Å². The number of hydrogen-bond acceptors (Lipinski definition) is 5. The van der Waals surface area contributed by atoms with Crippen molar-refractivity contribution in [3.63, 3.8) is 0 Å². The van der Waals surface area contributed by atoms with Crippen LogP contribution in [0.5, 0.6) is 0 Å². The van der Waals surface area contributed by atoms with Gasteiger partial charge in [0.1, 0.15) is 24.0 Å². The standard InChI is InChI=1S/C11H15N5/c1-4-6-13-10-8-11(15-9(2)14-10)16(3)7-5-12/h4,8H,1,6-7H2,2-3H3,(H,13,14,15). The summed E-state index contributed by atoms with van der Waals surface area (Å²) in [5.74, 6) is 2.15. The summed E-state index contributed by atoms with van der Waals surface area (Å²) in [7, 11) is 1.82. The summed E-state index contributed by atoms with van der Waals surface area (Å²) < 4.78 is 0. The van der Waals surface area contributed by atoms with Gasteiger partial charge in [0.25, 0.3) is 0 Å². The molecule has 0 aliphatic rings. The first-order valence-electron chi connectivity index (χ1n) is 4.96. The van der Waals surface area contributed by atoms with Crippen LogP contribution in [0.4, 0.5) is 11.6 Å². The number of aryl methyl sites for hydroxylation is 1. The molecule has 0 radical (unpaired) electrons. The Morgan fingerprint density at radius 3 is 3.00 bits per heavy atom. The van der Waals surface area contributed by atoms with Crippen LogP contribution in [-0.4, -0.2) is 30.1 Å². The molecule has 1 rings (SSSR count). The average Bonchev–Trinajstić information content (AvgIpc) is 2.26. The molecule has 0 spiro atoms. The second-order valence-corrected chi connectivity index (χ2v) is 3.34. The maximum absolute atomic E-state index is 8.61. The molecule has 0 amide bonds. The van der Waals surface area contributed by atoms with E-state index in [1.54, 1.807) is 11.0 Å². The highest BCUT2D eigenvalue weighted by atomic mass is 15.2. The molecule has 0 aliphatic carbocycles. The van der Waals surface area contributed by atoms with E-state index in [0.717, 1.165) is 11.6 Å². The second kappa shape index (κ2) is 5.71. The Morgan fingerprint density at radius 2 is 2.38 bits per heavy atom. The van der Waals surface area contributed by atoms with Gasteiger partial charge in [0.15, 0.2) is 0 Å². The van der Waals surface area contributed by atoms with Gasteiger partial charge in [-0.2, -0.15) is 5.26 Å². The lowest BCUT2D eigenvalue weighted by Gasteiger charge is -2.15. The van der Waals surface area contributed by atoms with Crippen molar-refractivity contribution in [3.05, 3.63) is 24.5 Å². The molecule has 0 saturated carbocycles. The van der Waals surface area contributed by atoms with Crippen molar-refractivity contribution in [3.8, 4) is 6.07 Å². The van der Waals surface area contributed by atoms with Gasteiger partial charge in [-0.15, -0.1) is 6.58 Å². The monoisotopic (exact) mass is 217 g/mol. The number of rotatable bonds is 5. The molecule has 0 fully saturated rings. The third kappa shape index (κ3) is 3.24. The van der Waals surface area contributed by atoms with E-state index in [9.17, 15) is 0 Å². The van der Waals surface area contributed by atoms with Crippen LogP contribution < -0.4 is 10.2 Å². The van der Waals surface area contributed by atoms with Crippen LogP contribution in [0.1, 0.15) is 5.82 Å². The van der Waals surface area contributed by atoms with Gasteiger partial charge in [-0.05, 0) is 6.92 Å². The lowest BCUT2D eigenvalue weighted by atomic mass is 10.4.